The summed E-state index contributed by atoms with van der Waals surface area (Å²) in [5.41, 5.74) is 0. The maximum absolute atomic E-state index is 8.63. The molecule has 0 saturated heterocycles. The topological polar surface area (TPSA) is 456 Å². The van der Waals surface area contributed by atoms with Crippen molar-refractivity contribution in [3.8, 4) is 0 Å². The molecule has 0 fully saturated rings. The highest BCUT2D eigenvalue weighted by molar-refractivity contribution is 4.49. The Labute approximate surface area is 828 Å². The predicted octanol–water partition coefficient (Wildman–Crippen LogP) is -0.282. The summed E-state index contributed by atoms with van der Waals surface area (Å²) in [4.78, 5) is 0. The normalized spacial score (nSPS) is 11.9. The Kier molecular flexibility index (Phi) is 134. The first-order valence-corrected chi connectivity index (χ1v) is 49.6. The van der Waals surface area contributed by atoms with E-state index in [0.29, 0.717) is 595 Å². The van der Waals surface area contributed by atoms with Crippen molar-refractivity contribution in [2.24, 2.45) is 0 Å². The highest BCUT2D eigenvalue weighted by Crippen LogP contribution is 1.97. The molecule has 139 heavy (non-hydrogen) atoms. The third-order valence-corrected chi connectivity index (χ3v) is 16.8. The minimum Gasteiger partial charge on any atom is -0.394 e. The van der Waals surface area contributed by atoms with Crippen molar-refractivity contribution >= 4 is 0 Å². The zero-order chi connectivity index (χ0) is 98.9. The van der Waals surface area contributed by atoms with E-state index < -0.39 is 0 Å². The third-order valence-electron chi connectivity index (χ3n) is 16.8. The van der Waals surface area contributed by atoms with E-state index >= 15 is 0 Å². The lowest BCUT2D eigenvalue weighted by Crippen LogP contribution is -2.16. The SMILES string of the molecule is OCCOCCOCCOCCOCCOCCOCCOCCOCCOCCOCCOCCOCCOCCOCCOCCOCCOCCOCCOCCOCCOCCOCCOCCOCCOCCOCCOCCOCCOCCOCCOCCOCCOCCOCCOCCOCCOCCOCCOCCOCCOCCOCCOCCOCCOCCO. The van der Waals surface area contributed by atoms with Crippen LogP contribution in [0.25, 0.3) is 0 Å². The highest BCUT2D eigenvalue weighted by atomic mass is 16.7. The van der Waals surface area contributed by atoms with Crippen LogP contribution in [0.5, 0.6) is 0 Å². The lowest BCUT2D eigenvalue weighted by molar-refractivity contribution is -0.0330. The molecule has 47 nitrogen and oxygen atoms in total. The predicted molar refractivity (Wildman–Crippen MR) is 501 cm³/mol. The van der Waals surface area contributed by atoms with E-state index in [2.05, 4.69) is 0 Å². The number of hydrogen-bond acceptors (Lipinski definition) is 47. The fraction of sp³-hybridized carbons (Fsp3) is 1.00. The summed E-state index contributed by atoms with van der Waals surface area (Å²) in [5.74, 6) is 0. The molecule has 0 aliphatic heterocycles. The molecule has 0 rings (SSSR count). The van der Waals surface area contributed by atoms with Crippen LogP contribution in [-0.4, -0.2) is 618 Å². The second-order valence-corrected chi connectivity index (χ2v) is 28.0. The molecular formula is C92H186O47. The fourth-order valence-corrected chi connectivity index (χ4v) is 9.91. The number of rotatable bonds is 136. The number of aliphatic hydroxyl groups excluding tert-OH is 2. The van der Waals surface area contributed by atoms with Gasteiger partial charge in [0.15, 0.2) is 0 Å². The Morgan fingerprint density at radius 3 is 0.108 bits per heavy atom. The molecule has 0 aliphatic carbocycles. The summed E-state index contributed by atoms with van der Waals surface area (Å²) in [6, 6.07) is 0. The van der Waals surface area contributed by atoms with E-state index in [1.165, 1.54) is 0 Å². The smallest absolute Gasteiger partial charge is 0.0701 e. The van der Waals surface area contributed by atoms with Crippen molar-refractivity contribution < 1.29 is 223 Å². The van der Waals surface area contributed by atoms with Gasteiger partial charge in [0.2, 0.25) is 0 Å². The summed E-state index contributed by atoms with van der Waals surface area (Å²) < 4.78 is 248. The molecule has 0 aromatic carbocycles. The number of ether oxygens (including phenoxy) is 45. The van der Waals surface area contributed by atoms with Crippen LogP contribution >= 0.6 is 0 Å². The Hall–Kier alpha value is -1.88. The molecule has 0 saturated carbocycles. The standard InChI is InChI=1S/C92H186O47/c93-1-3-95-5-7-97-9-11-99-13-15-101-17-19-103-21-23-105-25-27-107-29-31-109-33-35-111-37-39-113-41-43-115-45-47-117-49-51-119-53-55-121-57-59-123-61-63-125-65-67-127-69-71-129-73-75-131-77-79-133-81-83-135-85-87-137-89-91-139-92-90-138-88-86-136-84-82-134-80-78-132-76-74-130-72-70-128-68-66-126-64-62-124-60-58-122-56-54-120-52-50-118-48-46-116-44-42-114-40-38-112-36-34-110-32-30-108-28-26-106-24-22-104-20-18-102-16-14-100-12-10-98-8-6-96-4-2-94/h93-94H,1-92H2. The van der Waals surface area contributed by atoms with Crippen LogP contribution in [0.2, 0.25) is 0 Å². The molecule has 836 valence electrons. The third kappa shape index (κ3) is 136. The van der Waals surface area contributed by atoms with Crippen molar-refractivity contribution in [3.63, 3.8) is 0 Å². The van der Waals surface area contributed by atoms with Gasteiger partial charge in [-0.15, -0.1) is 0 Å². The second kappa shape index (κ2) is 136. The summed E-state index contributed by atoms with van der Waals surface area (Å²) in [7, 11) is 0. The van der Waals surface area contributed by atoms with Crippen LogP contribution in [-0.2, 0) is 213 Å². The van der Waals surface area contributed by atoms with Crippen molar-refractivity contribution in [1.29, 1.82) is 0 Å². The van der Waals surface area contributed by atoms with Gasteiger partial charge in [0.25, 0.3) is 0 Å². The molecule has 0 spiro atoms. The van der Waals surface area contributed by atoms with Gasteiger partial charge in [-0.3, -0.25) is 0 Å². The monoisotopic (exact) mass is 2040 g/mol. The molecule has 0 heterocycles. The van der Waals surface area contributed by atoms with Crippen LogP contribution in [0.4, 0.5) is 0 Å². The minimum atomic E-state index is 0.0141. The second-order valence-electron chi connectivity index (χ2n) is 28.0. The van der Waals surface area contributed by atoms with Crippen molar-refractivity contribution in [2.45, 2.75) is 0 Å². The first kappa shape index (κ1) is 137. The average Bonchev–Trinajstić information content (AvgIpc) is 1.10. The van der Waals surface area contributed by atoms with E-state index in [4.69, 9.17) is 223 Å². The number of hydrogen-bond donors (Lipinski definition) is 2. The Morgan fingerprint density at radius 1 is 0.0504 bits per heavy atom. The van der Waals surface area contributed by atoms with Crippen LogP contribution in [0, 0.1) is 0 Å². The molecule has 2 N–H and O–H groups in total. The van der Waals surface area contributed by atoms with Gasteiger partial charge in [0.05, 0.1) is 608 Å². The molecule has 0 bridgehead atoms. The molecular weight excluding hydrogens is 1860 g/mol. The molecule has 0 unspecified atom stereocenters. The maximum Gasteiger partial charge on any atom is 0.0701 e. The van der Waals surface area contributed by atoms with Crippen LogP contribution < -0.4 is 0 Å². The van der Waals surface area contributed by atoms with Gasteiger partial charge in [-0.2, -0.15) is 0 Å². The molecule has 0 radical (unpaired) electrons. The van der Waals surface area contributed by atoms with Crippen molar-refractivity contribution in [3.05, 3.63) is 0 Å². The summed E-state index contributed by atoms with van der Waals surface area (Å²) in [5, 5.41) is 17.3. The lowest BCUT2D eigenvalue weighted by Gasteiger charge is -2.09. The van der Waals surface area contributed by atoms with Gasteiger partial charge in [-0.05, 0) is 0 Å². The summed E-state index contributed by atoms with van der Waals surface area (Å²) in [6.07, 6.45) is 0. The summed E-state index contributed by atoms with van der Waals surface area (Å²) in [6.45, 7) is 42.7. The van der Waals surface area contributed by atoms with Gasteiger partial charge >= 0.3 is 0 Å². The lowest BCUT2D eigenvalue weighted by atomic mass is 10.6. The molecule has 0 aromatic heterocycles. The van der Waals surface area contributed by atoms with Gasteiger partial charge in [-0.1, -0.05) is 0 Å². The fourth-order valence-electron chi connectivity index (χ4n) is 9.91. The van der Waals surface area contributed by atoms with Gasteiger partial charge in [0.1, 0.15) is 0 Å². The quantitative estimate of drug-likeness (QED) is 0.0739. The minimum absolute atomic E-state index is 0.0141. The Balaban J connectivity index is 3.10. The molecule has 0 atom stereocenters. The van der Waals surface area contributed by atoms with Gasteiger partial charge in [0, 0.05) is 0 Å². The van der Waals surface area contributed by atoms with E-state index in [-0.39, 0.29) is 13.2 Å². The number of aliphatic hydroxyl groups is 2. The zero-order valence-corrected chi connectivity index (χ0v) is 84.3. The largest absolute Gasteiger partial charge is 0.394 e. The van der Waals surface area contributed by atoms with Crippen LogP contribution in [0.15, 0.2) is 0 Å². The average molecular weight is 2040 g/mol. The Morgan fingerprint density at radius 2 is 0.0791 bits per heavy atom. The van der Waals surface area contributed by atoms with Crippen molar-refractivity contribution in [2.75, 3.05) is 608 Å². The van der Waals surface area contributed by atoms with Gasteiger partial charge in [-0.25, -0.2) is 0 Å². The first-order chi connectivity index (χ1) is 69.4. The molecule has 47 heteroatoms. The molecule has 0 aliphatic rings. The van der Waals surface area contributed by atoms with E-state index in [1.807, 2.05) is 0 Å². The summed E-state index contributed by atoms with van der Waals surface area (Å²) >= 11 is 0. The maximum atomic E-state index is 8.63. The van der Waals surface area contributed by atoms with Crippen molar-refractivity contribution in [1.82, 2.24) is 0 Å². The van der Waals surface area contributed by atoms with E-state index in [0.717, 1.165) is 0 Å². The van der Waals surface area contributed by atoms with Crippen LogP contribution in [0.1, 0.15) is 0 Å². The highest BCUT2D eigenvalue weighted by Gasteiger charge is 2.07. The van der Waals surface area contributed by atoms with Gasteiger partial charge < -0.3 is 223 Å². The zero-order valence-electron chi connectivity index (χ0n) is 84.3. The molecule has 0 aromatic rings. The van der Waals surface area contributed by atoms with E-state index in [1.54, 1.807) is 0 Å². The van der Waals surface area contributed by atoms with Crippen LogP contribution in [0.3, 0.4) is 0 Å². The Bertz CT molecular complexity index is 1770. The molecule has 0 amide bonds. The van der Waals surface area contributed by atoms with E-state index in [9.17, 15) is 0 Å². The first-order valence-electron chi connectivity index (χ1n) is 49.6.